The van der Waals surface area contributed by atoms with E-state index in [1.807, 2.05) is 0 Å². The van der Waals surface area contributed by atoms with Crippen LogP contribution in [0.25, 0.3) is 0 Å². The van der Waals surface area contributed by atoms with Gasteiger partial charge < -0.3 is 5.32 Å². The van der Waals surface area contributed by atoms with Gasteiger partial charge in [-0.3, -0.25) is 0 Å². The van der Waals surface area contributed by atoms with E-state index in [1.54, 1.807) is 0 Å². The average Bonchev–Trinajstić information content (AvgIpc) is 2.13. The number of benzene rings is 1. The molecule has 0 fully saturated rings. The van der Waals surface area contributed by atoms with E-state index < -0.39 is 0 Å². The maximum Gasteiger partial charge on any atom is 0.0414 e. The monoisotopic (exact) mass is 175 g/mol. The van der Waals surface area contributed by atoms with Crippen molar-refractivity contribution in [1.29, 1.82) is 0 Å². The first kappa shape index (κ1) is 9.85. The van der Waals surface area contributed by atoms with Crippen LogP contribution in [0.15, 0.2) is 30.5 Å². The van der Waals surface area contributed by atoms with Crippen molar-refractivity contribution in [3.63, 3.8) is 0 Å². The van der Waals surface area contributed by atoms with E-state index in [4.69, 9.17) is 0 Å². The summed E-state index contributed by atoms with van der Waals surface area (Å²) in [5.41, 5.74) is 4.85. The van der Waals surface area contributed by atoms with Gasteiger partial charge in [0.25, 0.3) is 0 Å². The molecule has 0 atom stereocenters. The molecule has 0 aliphatic rings. The Kier molecular flexibility index (Phi) is 3.13. The third-order valence-electron chi connectivity index (χ3n) is 2.34. The summed E-state index contributed by atoms with van der Waals surface area (Å²) < 4.78 is 0. The van der Waals surface area contributed by atoms with Crippen LogP contribution in [0.5, 0.6) is 0 Å². The normalized spacial score (nSPS) is 9.77. The summed E-state index contributed by atoms with van der Waals surface area (Å²) in [5, 5.41) is 3.31. The summed E-state index contributed by atoms with van der Waals surface area (Å²) in [7, 11) is 0. The number of allylic oxidation sites excluding steroid dienone is 1. The summed E-state index contributed by atoms with van der Waals surface area (Å²) in [6, 6.07) is 6.27. The van der Waals surface area contributed by atoms with Crippen molar-refractivity contribution in [2.24, 2.45) is 0 Å². The number of rotatable bonds is 3. The Hall–Kier alpha value is -1.24. The van der Waals surface area contributed by atoms with Crippen LogP contribution < -0.4 is 5.32 Å². The van der Waals surface area contributed by atoms with Crippen LogP contribution in [0.3, 0.4) is 0 Å². The van der Waals surface area contributed by atoms with E-state index in [2.05, 4.69) is 50.9 Å². The van der Waals surface area contributed by atoms with Gasteiger partial charge in [-0.2, -0.15) is 0 Å². The quantitative estimate of drug-likeness (QED) is 0.739. The molecule has 0 saturated heterocycles. The van der Waals surface area contributed by atoms with Crippen molar-refractivity contribution < 1.29 is 0 Å². The summed E-state index contributed by atoms with van der Waals surface area (Å²) >= 11 is 0. The summed E-state index contributed by atoms with van der Waals surface area (Å²) in [6.07, 6.45) is 0.966. The van der Waals surface area contributed by atoms with Gasteiger partial charge in [0.1, 0.15) is 0 Å². The largest absolute Gasteiger partial charge is 0.359 e. The molecule has 1 aromatic carbocycles. The molecule has 1 rings (SSSR count). The number of hydrogen-bond donors (Lipinski definition) is 1. The Morgan fingerprint density at radius 1 is 1.38 bits per heavy atom. The zero-order valence-electron chi connectivity index (χ0n) is 8.65. The van der Waals surface area contributed by atoms with Crippen LogP contribution in [-0.4, -0.2) is 0 Å². The SMILES string of the molecule is C=C(CC)Nc1cccc(C)c1C. The van der Waals surface area contributed by atoms with Crippen LogP contribution >= 0.6 is 0 Å². The molecule has 0 spiro atoms. The minimum atomic E-state index is 0.966. The van der Waals surface area contributed by atoms with Gasteiger partial charge in [0.05, 0.1) is 0 Å². The van der Waals surface area contributed by atoms with Crippen molar-refractivity contribution in [2.75, 3.05) is 5.32 Å². The van der Waals surface area contributed by atoms with Crippen molar-refractivity contribution >= 4 is 5.69 Å². The molecular formula is C12H17N. The van der Waals surface area contributed by atoms with Gasteiger partial charge >= 0.3 is 0 Å². The van der Waals surface area contributed by atoms with Crippen molar-refractivity contribution in [1.82, 2.24) is 0 Å². The fourth-order valence-corrected chi connectivity index (χ4v) is 1.17. The number of anilines is 1. The van der Waals surface area contributed by atoms with Gasteiger partial charge in [0.15, 0.2) is 0 Å². The molecule has 1 N–H and O–H groups in total. The second-order valence-corrected chi connectivity index (χ2v) is 3.33. The topological polar surface area (TPSA) is 12.0 Å². The van der Waals surface area contributed by atoms with Crippen LogP contribution in [0.4, 0.5) is 5.69 Å². The highest BCUT2D eigenvalue weighted by Gasteiger charge is 1.99. The molecule has 0 heterocycles. The summed E-state index contributed by atoms with van der Waals surface area (Å²) in [6.45, 7) is 10.3. The molecule has 0 unspecified atom stereocenters. The Balaban J connectivity index is 2.89. The summed E-state index contributed by atoms with van der Waals surface area (Å²) in [4.78, 5) is 0. The van der Waals surface area contributed by atoms with Gasteiger partial charge in [-0.1, -0.05) is 25.6 Å². The molecule has 1 aromatic rings. The Morgan fingerprint density at radius 2 is 2.08 bits per heavy atom. The Labute approximate surface area is 80.5 Å². The Morgan fingerprint density at radius 3 is 2.69 bits per heavy atom. The molecule has 1 heteroatoms. The highest BCUT2D eigenvalue weighted by molar-refractivity contribution is 5.56. The molecule has 0 aromatic heterocycles. The molecule has 70 valence electrons. The predicted molar refractivity (Wildman–Crippen MR) is 59.0 cm³/mol. The van der Waals surface area contributed by atoms with Gasteiger partial charge in [-0.25, -0.2) is 0 Å². The van der Waals surface area contributed by atoms with Crippen LogP contribution in [0, 0.1) is 13.8 Å². The third-order valence-corrected chi connectivity index (χ3v) is 2.34. The number of aryl methyl sites for hydroxylation is 1. The maximum absolute atomic E-state index is 3.93. The fourth-order valence-electron chi connectivity index (χ4n) is 1.17. The fraction of sp³-hybridized carbons (Fsp3) is 0.333. The minimum absolute atomic E-state index is 0.966. The zero-order valence-corrected chi connectivity index (χ0v) is 8.65. The van der Waals surface area contributed by atoms with E-state index in [0.717, 1.165) is 12.1 Å². The van der Waals surface area contributed by atoms with Crippen molar-refractivity contribution in [3.8, 4) is 0 Å². The molecule has 13 heavy (non-hydrogen) atoms. The molecular weight excluding hydrogens is 158 g/mol. The lowest BCUT2D eigenvalue weighted by Gasteiger charge is -2.11. The van der Waals surface area contributed by atoms with E-state index in [0.29, 0.717) is 0 Å². The van der Waals surface area contributed by atoms with E-state index >= 15 is 0 Å². The molecule has 1 nitrogen and oxygen atoms in total. The van der Waals surface area contributed by atoms with Gasteiger partial charge in [0.2, 0.25) is 0 Å². The van der Waals surface area contributed by atoms with Crippen molar-refractivity contribution in [2.45, 2.75) is 27.2 Å². The van der Waals surface area contributed by atoms with Crippen LogP contribution in [-0.2, 0) is 0 Å². The molecule has 0 aliphatic carbocycles. The standard InChI is InChI=1S/C12H17N/c1-5-10(3)13-12-8-6-7-9(2)11(12)4/h6-8,13H,3,5H2,1-2,4H3. The molecule has 0 amide bonds. The molecule has 0 saturated carbocycles. The first-order valence-electron chi connectivity index (χ1n) is 4.66. The maximum atomic E-state index is 3.93. The van der Waals surface area contributed by atoms with Crippen LogP contribution in [0.2, 0.25) is 0 Å². The first-order chi connectivity index (χ1) is 6.15. The Bertz CT molecular complexity index is 313. The molecule has 0 aliphatic heterocycles. The molecule has 0 radical (unpaired) electrons. The predicted octanol–water partition coefficient (Wildman–Crippen LogP) is 3.64. The van der Waals surface area contributed by atoms with Crippen LogP contribution in [0.1, 0.15) is 24.5 Å². The average molecular weight is 175 g/mol. The van der Waals surface area contributed by atoms with E-state index in [1.165, 1.54) is 16.8 Å². The van der Waals surface area contributed by atoms with Gasteiger partial charge in [0, 0.05) is 11.4 Å². The summed E-state index contributed by atoms with van der Waals surface area (Å²) in [5.74, 6) is 0. The zero-order chi connectivity index (χ0) is 9.84. The van der Waals surface area contributed by atoms with Gasteiger partial charge in [-0.05, 0) is 37.5 Å². The van der Waals surface area contributed by atoms with E-state index in [-0.39, 0.29) is 0 Å². The van der Waals surface area contributed by atoms with Gasteiger partial charge in [-0.15, -0.1) is 0 Å². The first-order valence-corrected chi connectivity index (χ1v) is 4.66. The molecule has 0 bridgehead atoms. The highest BCUT2D eigenvalue weighted by Crippen LogP contribution is 2.19. The lowest BCUT2D eigenvalue weighted by Crippen LogP contribution is -1.99. The number of nitrogens with one attached hydrogen (secondary N) is 1. The number of hydrogen-bond acceptors (Lipinski definition) is 1. The lowest BCUT2D eigenvalue weighted by molar-refractivity contribution is 1.11. The second kappa shape index (κ2) is 4.13. The van der Waals surface area contributed by atoms with Crippen molar-refractivity contribution in [3.05, 3.63) is 41.6 Å². The smallest absolute Gasteiger partial charge is 0.0414 e. The minimum Gasteiger partial charge on any atom is -0.359 e. The van der Waals surface area contributed by atoms with E-state index in [9.17, 15) is 0 Å². The highest BCUT2D eigenvalue weighted by atomic mass is 14.9. The lowest BCUT2D eigenvalue weighted by atomic mass is 10.1. The second-order valence-electron chi connectivity index (χ2n) is 3.33. The third kappa shape index (κ3) is 2.35.